The largest absolute Gasteiger partial charge is 0.481 e. The summed E-state index contributed by atoms with van der Waals surface area (Å²) in [6.45, 7) is 6.44. The molecule has 0 aromatic rings. The summed E-state index contributed by atoms with van der Waals surface area (Å²) >= 11 is 0. The molecule has 0 aromatic heterocycles. The van der Waals surface area contributed by atoms with Crippen LogP contribution in [0.4, 0.5) is 0 Å². The summed E-state index contributed by atoms with van der Waals surface area (Å²) in [4.78, 5) is 10.6. The maximum absolute atomic E-state index is 10.6. The van der Waals surface area contributed by atoms with E-state index in [9.17, 15) is 15.0 Å². The van der Waals surface area contributed by atoms with E-state index in [1.807, 2.05) is 0 Å². The van der Waals surface area contributed by atoms with Gasteiger partial charge in [-0.15, -0.1) is 0 Å². The summed E-state index contributed by atoms with van der Waals surface area (Å²) in [6.07, 6.45) is 14.2. The second-order valence-corrected chi connectivity index (χ2v) is 8.58. The second kappa shape index (κ2) is 11.1. The first-order chi connectivity index (χ1) is 12.3. The zero-order valence-corrected chi connectivity index (χ0v) is 17.0. The number of hydrogen-bond acceptors (Lipinski definition) is 3. The number of carboxylic acids is 1. The SMILES string of the molecule is CCCCCC=CC[C@]1(C)[C@@H](O)C[C@@H](O)[C@@]1(C)CCCCCCC(=O)O. The highest BCUT2D eigenvalue weighted by Gasteiger charge is 2.57. The van der Waals surface area contributed by atoms with E-state index >= 15 is 0 Å². The van der Waals surface area contributed by atoms with Crippen molar-refractivity contribution >= 4 is 5.97 Å². The van der Waals surface area contributed by atoms with E-state index in [1.54, 1.807) is 0 Å². The molecule has 0 unspecified atom stereocenters. The Bertz CT molecular complexity index is 447. The molecule has 0 amide bonds. The van der Waals surface area contributed by atoms with Crippen LogP contribution in [0.1, 0.15) is 97.8 Å². The lowest BCUT2D eigenvalue weighted by molar-refractivity contribution is -0.137. The average Bonchev–Trinajstić information content (AvgIpc) is 2.75. The highest BCUT2D eigenvalue weighted by Crippen LogP contribution is 2.57. The molecular weight excluding hydrogens is 328 g/mol. The fraction of sp³-hybridized carbons (Fsp3) is 0.864. The first-order valence-corrected chi connectivity index (χ1v) is 10.5. The number of unbranched alkanes of at least 4 members (excludes halogenated alkanes) is 6. The third-order valence-electron chi connectivity index (χ3n) is 6.74. The van der Waals surface area contributed by atoms with Gasteiger partial charge in [0.1, 0.15) is 0 Å². The standard InChI is InChI=1S/C22H40O4/c1-4-5-6-7-9-12-15-21(2)18(23)17-19(24)22(21,3)16-13-10-8-11-14-20(25)26/h9,12,18-19,23-24H,4-8,10-11,13-17H2,1-3H3,(H,25,26)/t18-,19+,21+,22+/m0/s1. The first-order valence-electron chi connectivity index (χ1n) is 10.5. The lowest BCUT2D eigenvalue weighted by Gasteiger charge is -2.44. The Balaban J connectivity index is 2.56. The van der Waals surface area contributed by atoms with Crippen molar-refractivity contribution in [2.45, 2.75) is 110 Å². The van der Waals surface area contributed by atoms with Gasteiger partial charge in [-0.1, -0.05) is 65.0 Å². The van der Waals surface area contributed by atoms with Crippen molar-refractivity contribution in [2.24, 2.45) is 10.8 Å². The second-order valence-electron chi connectivity index (χ2n) is 8.58. The van der Waals surface area contributed by atoms with Crippen molar-refractivity contribution < 1.29 is 20.1 Å². The molecule has 1 aliphatic carbocycles. The van der Waals surface area contributed by atoms with Gasteiger partial charge in [0.05, 0.1) is 12.2 Å². The Morgan fingerprint density at radius 3 is 2.27 bits per heavy atom. The zero-order chi connectivity index (χ0) is 19.6. The number of allylic oxidation sites excluding steroid dienone is 2. The Morgan fingerprint density at radius 1 is 0.962 bits per heavy atom. The molecule has 0 aromatic carbocycles. The van der Waals surface area contributed by atoms with Gasteiger partial charge < -0.3 is 15.3 Å². The van der Waals surface area contributed by atoms with Crippen molar-refractivity contribution in [3.63, 3.8) is 0 Å². The molecule has 0 bridgehead atoms. The zero-order valence-electron chi connectivity index (χ0n) is 17.0. The topological polar surface area (TPSA) is 77.8 Å². The summed E-state index contributed by atoms with van der Waals surface area (Å²) < 4.78 is 0. The molecule has 0 saturated heterocycles. The predicted octanol–water partition coefficient (Wildman–Crippen LogP) is 5.08. The van der Waals surface area contributed by atoms with Crippen LogP contribution >= 0.6 is 0 Å². The predicted molar refractivity (Wildman–Crippen MR) is 106 cm³/mol. The maximum Gasteiger partial charge on any atom is 0.303 e. The summed E-state index contributed by atoms with van der Waals surface area (Å²) in [6, 6.07) is 0. The molecule has 1 aliphatic rings. The number of carboxylic acid groups (broad SMARTS) is 1. The first kappa shape index (κ1) is 23.2. The van der Waals surface area contributed by atoms with E-state index < -0.39 is 18.2 Å². The average molecular weight is 369 g/mol. The van der Waals surface area contributed by atoms with E-state index in [0.717, 1.165) is 44.9 Å². The number of rotatable bonds is 13. The number of aliphatic hydroxyl groups excluding tert-OH is 2. The van der Waals surface area contributed by atoms with E-state index in [4.69, 9.17) is 5.11 Å². The molecule has 0 heterocycles. The van der Waals surface area contributed by atoms with Crippen LogP contribution in [0.25, 0.3) is 0 Å². The minimum atomic E-state index is -0.732. The van der Waals surface area contributed by atoms with Crippen LogP contribution in [0.3, 0.4) is 0 Å². The molecule has 4 nitrogen and oxygen atoms in total. The molecule has 1 fully saturated rings. The summed E-state index contributed by atoms with van der Waals surface area (Å²) in [7, 11) is 0. The van der Waals surface area contributed by atoms with Crippen LogP contribution in [0.2, 0.25) is 0 Å². The third kappa shape index (κ3) is 6.09. The maximum atomic E-state index is 10.6. The molecule has 4 heteroatoms. The minimum absolute atomic E-state index is 0.235. The van der Waals surface area contributed by atoms with Gasteiger partial charge in [0.2, 0.25) is 0 Å². The fourth-order valence-corrected chi connectivity index (χ4v) is 4.39. The van der Waals surface area contributed by atoms with Gasteiger partial charge in [0.25, 0.3) is 0 Å². The quantitative estimate of drug-likeness (QED) is 0.313. The summed E-state index contributed by atoms with van der Waals surface area (Å²) in [5.74, 6) is -0.732. The highest BCUT2D eigenvalue weighted by molar-refractivity contribution is 5.66. The van der Waals surface area contributed by atoms with Crippen molar-refractivity contribution in [1.82, 2.24) is 0 Å². The molecule has 26 heavy (non-hydrogen) atoms. The van der Waals surface area contributed by atoms with Gasteiger partial charge in [-0.2, -0.15) is 0 Å². The number of carbonyl (C=O) groups is 1. The Hall–Kier alpha value is -0.870. The van der Waals surface area contributed by atoms with Crippen LogP contribution in [-0.4, -0.2) is 33.5 Å². The van der Waals surface area contributed by atoms with Gasteiger partial charge in [-0.05, 0) is 32.1 Å². The van der Waals surface area contributed by atoms with Gasteiger partial charge in [0.15, 0.2) is 0 Å². The van der Waals surface area contributed by atoms with E-state index in [2.05, 4.69) is 32.9 Å². The van der Waals surface area contributed by atoms with Crippen LogP contribution in [0.15, 0.2) is 12.2 Å². The molecule has 0 spiro atoms. The van der Waals surface area contributed by atoms with Gasteiger partial charge >= 0.3 is 5.97 Å². The Labute approximate surface area is 159 Å². The van der Waals surface area contributed by atoms with Crippen molar-refractivity contribution in [1.29, 1.82) is 0 Å². The molecule has 1 saturated carbocycles. The number of aliphatic carboxylic acids is 1. The molecule has 1 rings (SSSR count). The summed E-state index contributed by atoms with van der Waals surface area (Å²) in [5, 5.41) is 30.0. The molecular formula is C22H40O4. The van der Waals surface area contributed by atoms with Crippen molar-refractivity contribution in [3.05, 3.63) is 12.2 Å². The molecule has 0 radical (unpaired) electrons. The van der Waals surface area contributed by atoms with Gasteiger partial charge in [-0.25, -0.2) is 0 Å². The Kier molecular flexibility index (Phi) is 9.88. The van der Waals surface area contributed by atoms with Crippen molar-refractivity contribution in [3.8, 4) is 0 Å². The van der Waals surface area contributed by atoms with E-state index in [0.29, 0.717) is 6.42 Å². The van der Waals surface area contributed by atoms with E-state index in [-0.39, 0.29) is 17.3 Å². The van der Waals surface area contributed by atoms with Crippen LogP contribution in [0.5, 0.6) is 0 Å². The molecule has 3 N–H and O–H groups in total. The van der Waals surface area contributed by atoms with Gasteiger partial charge in [0, 0.05) is 23.7 Å². The normalized spacial score (nSPS) is 31.7. The Morgan fingerprint density at radius 2 is 1.62 bits per heavy atom. The third-order valence-corrected chi connectivity index (χ3v) is 6.74. The lowest BCUT2D eigenvalue weighted by Crippen LogP contribution is -2.43. The van der Waals surface area contributed by atoms with E-state index in [1.165, 1.54) is 19.3 Å². The number of hydrogen-bond donors (Lipinski definition) is 3. The lowest BCUT2D eigenvalue weighted by atomic mass is 9.62. The smallest absolute Gasteiger partial charge is 0.303 e. The highest BCUT2D eigenvalue weighted by atomic mass is 16.4. The van der Waals surface area contributed by atoms with Crippen molar-refractivity contribution in [2.75, 3.05) is 0 Å². The molecule has 0 aliphatic heterocycles. The number of aliphatic hydroxyl groups is 2. The van der Waals surface area contributed by atoms with Crippen LogP contribution < -0.4 is 0 Å². The van der Waals surface area contributed by atoms with Gasteiger partial charge in [-0.3, -0.25) is 4.79 Å². The molecule has 152 valence electrons. The van der Waals surface area contributed by atoms with Crippen LogP contribution in [-0.2, 0) is 4.79 Å². The molecule has 4 atom stereocenters. The monoisotopic (exact) mass is 368 g/mol. The fourth-order valence-electron chi connectivity index (χ4n) is 4.39. The summed E-state index contributed by atoms with van der Waals surface area (Å²) in [5.41, 5.74) is -0.609. The minimum Gasteiger partial charge on any atom is -0.481 e. The van der Waals surface area contributed by atoms with Crippen LogP contribution in [0, 0.1) is 10.8 Å².